The second-order valence-corrected chi connectivity index (χ2v) is 10.4. The van der Waals surface area contributed by atoms with Crippen molar-refractivity contribution < 1.29 is 28.2 Å². The summed E-state index contributed by atoms with van der Waals surface area (Å²) in [5.41, 5.74) is 1.01. The number of carboxylic acids is 1. The second kappa shape index (κ2) is 11.2. The number of thiazole rings is 1. The number of halogens is 3. The van der Waals surface area contributed by atoms with Crippen LogP contribution in [-0.4, -0.2) is 44.3 Å². The fourth-order valence-electron chi connectivity index (χ4n) is 5.02. The van der Waals surface area contributed by atoms with Gasteiger partial charge in [-0.15, -0.1) is 11.3 Å². The predicted molar refractivity (Wildman–Crippen MR) is 140 cm³/mol. The number of carbonyl (C=O) groups excluding carboxylic acids is 1. The maximum atomic E-state index is 14.5. The van der Waals surface area contributed by atoms with E-state index in [1.165, 1.54) is 29.8 Å². The van der Waals surface area contributed by atoms with Crippen molar-refractivity contribution in [2.75, 3.05) is 6.61 Å². The first-order valence-corrected chi connectivity index (χ1v) is 13.6. The van der Waals surface area contributed by atoms with E-state index < -0.39 is 34.6 Å². The van der Waals surface area contributed by atoms with Gasteiger partial charge in [0.1, 0.15) is 6.04 Å². The summed E-state index contributed by atoms with van der Waals surface area (Å²) in [5, 5.41) is 18.6. The van der Waals surface area contributed by atoms with Gasteiger partial charge < -0.3 is 15.2 Å². The Morgan fingerprint density at radius 3 is 2.67 bits per heavy atom. The van der Waals surface area contributed by atoms with Gasteiger partial charge in [-0.3, -0.25) is 9.67 Å². The molecule has 3 heterocycles. The Morgan fingerprint density at radius 1 is 1.26 bits per heavy atom. The highest BCUT2D eigenvalue weighted by molar-refractivity contribution is 7.11. The Kier molecular flexibility index (Phi) is 7.76. The van der Waals surface area contributed by atoms with E-state index in [2.05, 4.69) is 20.4 Å². The highest BCUT2D eigenvalue weighted by Gasteiger charge is 2.38. The molecular formula is C26H24ClF2N5O4S. The lowest BCUT2D eigenvalue weighted by Gasteiger charge is -2.35. The van der Waals surface area contributed by atoms with Crippen LogP contribution in [0, 0.1) is 17.6 Å². The summed E-state index contributed by atoms with van der Waals surface area (Å²) in [6.07, 6.45) is 7.09. The monoisotopic (exact) mass is 575 g/mol. The van der Waals surface area contributed by atoms with Crippen LogP contribution < -0.4 is 5.32 Å². The molecule has 2 aliphatic rings. The summed E-state index contributed by atoms with van der Waals surface area (Å²) in [4.78, 5) is 33.7. The van der Waals surface area contributed by atoms with Crippen molar-refractivity contribution in [1.82, 2.24) is 20.1 Å². The summed E-state index contributed by atoms with van der Waals surface area (Å²) in [5.74, 6) is -3.74. The van der Waals surface area contributed by atoms with Crippen LogP contribution in [-0.2, 0) is 9.53 Å². The van der Waals surface area contributed by atoms with Crippen molar-refractivity contribution in [3.63, 3.8) is 0 Å². The minimum absolute atomic E-state index is 0.00637. The van der Waals surface area contributed by atoms with Crippen LogP contribution in [0.2, 0.25) is 5.02 Å². The van der Waals surface area contributed by atoms with Crippen LogP contribution in [0.1, 0.15) is 65.6 Å². The number of hydrogen-bond donors (Lipinski definition) is 2. The van der Waals surface area contributed by atoms with Gasteiger partial charge in [0.2, 0.25) is 0 Å². The van der Waals surface area contributed by atoms with Crippen LogP contribution in [0.5, 0.6) is 0 Å². The molecule has 204 valence electrons. The summed E-state index contributed by atoms with van der Waals surface area (Å²) in [6.45, 7) is 1.79. The highest BCUT2D eigenvalue weighted by Crippen LogP contribution is 2.43. The number of allylic oxidation sites excluding steroid dienone is 1. The minimum Gasteiger partial charge on any atom is -0.478 e. The van der Waals surface area contributed by atoms with Crippen LogP contribution in [0.15, 0.2) is 52.4 Å². The van der Waals surface area contributed by atoms with E-state index in [1.807, 2.05) is 0 Å². The largest absolute Gasteiger partial charge is 0.478 e. The Morgan fingerprint density at radius 2 is 2.03 bits per heavy atom. The Hall–Kier alpha value is -3.64. The number of carbonyl (C=O) groups is 2. The number of benzene rings is 1. The van der Waals surface area contributed by atoms with Crippen LogP contribution in [0.3, 0.4) is 0 Å². The molecule has 1 saturated carbocycles. The molecule has 9 nitrogen and oxygen atoms in total. The number of aromatic carboxylic acids is 1. The fraction of sp³-hybridized carbons (Fsp3) is 0.346. The maximum absolute atomic E-state index is 14.5. The number of amidine groups is 1. The van der Waals surface area contributed by atoms with E-state index in [1.54, 1.807) is 23.2 Å². The number of carboxylic acid groups (broad SMARTS) is 1. The third-order valence-electron chi connectivity index (χ3n) is 6.89. The summed E-state index contributed by atoms with van der Waals surface area (Å²) < 4.78 is 35.5. The molecule has 1 aromatic carbocycles. The molecule has 0 spiro atoms. The molecule has 3 aromatic rings. The molecule has 5 rings (SSSR count). The lowest BCUT2D eigenvalue weighted by atomic mass is 9.80. The molecule has 0 radical (unpaired) electrons. The number of nitrogens with zero attached hydrogens (tertiary/aromatic N) is 4. The number of ether oxygens (including phenoxy) is 1. The topological polar surface area (TPSA) is 119 Å². The molecule has 2 aromatic heterocycles. The van der Waals surface area contributed by atoms with E-state index in [9.17, 15) is 23.5 Å². The number of rotatable bonds is 7. The molecular weight excluding hydrogens is 552 g/mol. The zero-order chi connectivity index (χ0) is 27.7. The van der Waals surface area contributed by atoms with Gasteiger partial charge in [-0.05, 0) is 44.6 Å². The van der Waals surface area contributed by atoms with Crippen LogP contribution >= 0.6 is 22.9 Å². The Balaban J connectivity index is 1.54. The molecule has 1 aliphatic carbocycles. The third kappa shape index (κ3) is 5.30. The van der Waals surface area contributed by atoms with Crippen molar-refractivity contribution in [2.24, 2.45) is 10.9 Å². The molecule has 39 heavy (non-hydrogen) atoms. The number of aliphatic imine (C=N–C) groups is 1. The van der Waals surface area contributed by atoms with Gasteiger partial charge in [0, 0.05) is 29.0 Å². The van der Waals surface area contributed by atoms with Crippen LogP contribution in [0.25, 0.3) is 0 Å². The molecule has 1 unspecified atom stereocenters. The summed E-state index contributed by atoms with van der Waals surface area (Å²) >= 11 is 7.59. The number of nitrogens with one attached hydrogen (secondary N) is 1. The van der Waals surface area contributed by atoms with E-state index >= 15 is 0 Å². The molecule has 1 aliphatic heterocycles. The predicted octanol–water partition coefficient (Wildman–Crippen LogP) is 5.31. The molecule has 0 bridgehead atoms. The average molecular weight is 576 g/mol. The van der Waals surface area contributed by atoms with Gasteiger partial charge >= 0.3 is 11.9 Å². The Bertz CT molecular complexity index is 1460. The zero-order valence-corrected chi connectivity index (χ0v) is 22.3. The first kappa shape index (κ1) is 26.9. The summed E-state index contributed by atoms with van der Waals surface area (Å²) in [7, 11) is 0. The number of aromatic nitrogens is 3. The maximum Gasteiger partial charge on any atom is 0.338 e. The molecule has 2 N–H and O–H groups in total. The molecule has 0 amide bonds. The van der Waals surface area contributed by atoms with Crippen molar-refractivity contribution in [2.45, 2.75) is 44.7 Å². The molecule has 13 heteroatoms. The lowest BCUT2D eigenvalue weighted by molar-refractivity contribution is -0.139. The van der Waals surface area contributed by atoms with Crippen molar-refractivity contribution in [3.8, 4) is 0 Å². The average Bonchev–Trinajstić information content (AvgIpc) is 3.65. The molecule has 0 saturated heterocycles. The van der Waals surface area contributed by atoms with Crippen molar-refractivity contribution in [1.29, 1.82) is 0 Å². The normalized spacial score (nSPS) is 21.3. The first-order chi connectivity index (χ1) is 18.8. The Labute approximate surface area is 231 Å². The number of hydrogen-bond acceptors (Lipinski definition) is 8. The molecule has 1 atom stereocenters. The smallest absolute Gasteiger partial charge is 0.338 e. The van der Waals surface area contributed by atoms with Gasteiger partial charge in [-0.1, -0.05) is 17.7 Å². The van der Waals surface area contributed by atoms with Gasteiger partial charge in [0.05, 0.1) is 35.0 Å². The van der Waals surface area contributed by atoms with E-state index in [0.717, 1.165) is 6.07 Å². The van der Waals surface area contributed by atoms with E-state index in [0.29, 0.717) is 42.2 Å². The fourth-order valence-corrected chi connectivity index (χ4v) is 5.87. The van der Waals surface area contributed by atoms with Crippen molar-refractivity contribution in [3.05, 3.63) is 80.2 Å². The van der Waals surface area contributed by atoms with Gasteiger partial charge in [0.25, 0.3) is 0 Å². The third-order valence-corrected chi connectivity index (χ3v) is 8.06. The van der Waals surface area contributed by atoms with Crippen molar-refractivity contribution >= 4 is 40.7 Å². The minimum atomic E-state index is -1.22. The number of esters is 1. The van der Waals surface area contributed by atoms with Gasteiger partial charge in [0.15, 0.2) is 22.5 Å². The first-order valence-electron chi connectivity index (χ1n) is 12.3. The second-order valence-electron chi connectivity index (χ2n) is 9.17. The lowest BCUT2D eigenvalue weighted by Crippen LogP contribution is -2.38. The van der Waals surface area contributed by atoms with Crippen LogP contribution in [0.4, 0.5) is 8.78 Å². The zero-order valence-electron chi connectivity index (χ0n) is 20.7. The van der Waals surface area contributed by atoms with Gasteiger partial charge in [-0.2, -0.15) is 5.10 Å². The van der Waals surface area contributed by atoms with E-state index in [4.69, 9.17) is 16.3 Å². The van der Waals surface area contributed by atoms with Gasteiger partial charge in [-0.25, -0.2) is 23.4 Å². The van der Waals surface area contributed by atoms with E-state index in [-0.39, 0.29) is 35.3 Å². The quantitative estimate of drug-likeness (QED) is 0.289. The SMILES string of the molecule is CCOC(=O)C1=C([C@H]2CC[C@H](n3cc(C(=O)O)cn3)CC2)NC(c2nccs2)=NC1c1ccc(F)c(F)c1Cl. The molecule has 1 fully saturated rings. The summed E-state index contributed by atoms with van der Waals surface area (Å²) in [6, 6.07) is 1.22. The highest BCUT2D eigenvalue weighted by atomic mass is 35.5. The standard InChI is InChI=1S/C26H24ClF2N5O4S/c1-2-38-26(37)18-21(13-3-5-15(6-4-13)34-12-14(11-31-34)25(35)36)32-23(24-30-9-10-39-24)33-22(18)16-7-8-17(28)20(29)19(16)27/h7-13,15,22H,2-6H2,1H3,(H,32,33)(H,35,36)/t13-,15-,22?.